The molecule has 16 heavy (non-hydrogen) atoms. The van der Waals surface area contributed by atoms with Gasteiger partial charge in [-0.15, -0.1) is 0 Å². The largest absolute Gasteiger partial charge is 0.494 e. The van der Waals surface area contributed by atoms with Crippen molar-refractivity contribution in [1.29, 1.82) is 0 Å². The minimum absolute atomic E-state index is 0.257. The third-order valence-corrected chi connectivity index (χ3v) is 3.49. The lowest BCUT2D eigenvalue weighted by Crippen LogP contribution is -2.21. The molecule has 2 atom stereocenters. The maximum absolute atomic E-state index is 13.5. The highest BCUT2D eigenvalue weighted by atomic mass is 19.1. The van der Waals surface area contributed by atoms with E-state index in [9.17, 15) is 4.39 Å². The molecule has 1 aliphatic carbocycles. The summed E-state index contributed by atoms with van der Waals surface area (Å²) in [5.74, 6) is 0.553. The zero-order chi connectivity index (χ0) is 11.5. The number of hydrogen-bond donors (Lipinski definition) is 1. The van der Waals surface area contributed by atoms with E-state index in [0.29, 0.717) is 17.7 Å². The van der Waals surface area contributed by atoms with E-state index in [2.05, 4.69) is 5.32 Å². The van der Waals surface area contributed by atoms with Gasteiger partial charge in [0.2, 0.25) is 0 Å². The zero-order valence-corrected chi connectivity index (χ0v) is 9.79. The number of benzene rings is 1. The molecule has 0 heterocycles. The molecule has 1 aromatic carbocycles. The van der Waals surface area contributed by atoms with Crippen LogP contribution in [0.25, 0.3) is 0 Å². The van der Waals surface area contributed by atoms with Gasteiger partial charge in [0.15, 0.2) is 11.6 Å². The maximum Gasteiger partial charge on any atom is 0.165 e. The Morgan fingerprint density at radius 2 is 2.19 bits per heavy atom. The van der Waals surface area contributed by atoms with Gasteiger partial charge in [0, 0.05) is 6.04 Å². The van der Waals surface area contributed by atoms with Gasteiger partial charge in [-0.2, -0.15) is 0 Å². The molecule has 88 valence electrons. The molecule has 1 aliphatic rings. The lowest BCUT2D eigenvalue weighted by atomic mass is 9.97. The summed E-state index contributed by atoms with van der Waals surface area (Å²) in [6.45, 7) is 0. The summed E-state index contributed by atoms with van der Waals surface area (Å²) in [6.07, 6.45) is 3.41. The lowest BCUT2D eigenvalue weighted by molar-refractivity contribution is 0.386. The Labute approximate surface area is 95.8 Å². The predicted molar refractivity (Wildman–Crippen MR) is 62.4 cm³/mol. The monoisotopic (exact) mass is 223 g/mol. The summed E-state index contributed by atoms with van der Waals surface area (Å²) in [6, 6.07) is 5.89. The summed E-state index contributed by atoms with van der Waals surface area (Å²) in [5.41, 5.74) is 1.09. The Hall–Kier alpha value is -1.09. The Balaban J connectivity index is 2.13. The van der Waals surface area contributed by atoms with Gasteiger partial charge >= 0.3 is 0 Å². The summed E-state index contributed by atoms with van der Waals surface area (Å²) < 4.78 is 18.5. The van der Waals surface area contributed by atoms with Gasteiger partial charge in [-0.3, -0.25) is 0 Å². The van der Waals surface area contributed by atoms with Crippen LogP contribution >= 0.6 is 0 Å². The van der Waals surface area contributed by atoms with Crippen LogP contribution in [0.15, 0.2) is 18.2 Å². The fourth-order valence-corrected chi connectivity index (χ4v) is 2.48. The van der Waals surface area contributed by atoms with Gasteiger partial charge in [-0.05, 0) is 49.9 Å². The van der Waals surface area contributed by atoms with Crippen LogP contribution in [0.4, 0.5) is 4.39 Å². The molecule has 1 saturated carbocycles. The third kappa shape index (κ3) is 2.19. The minimum Gasteiger partial charge on any atom is -0.494 e. The van der Waals surface area contributed by atoms with Crippen LogP contribution in [-0.2, 0) is 0 Å². The predicted octanol–water partition coefficient (Wildman–Crippen LogP) is 2.69. The van der Waals surface area contributed by atoms with Gasteiger partial charge in [0.05, 0.1) is 7.11 Å². The van der Waals surface area contributed by atoms with Crippen molar-refractivity contribution >= 4 is 0 Å². The molecule has 0 bridgehead atoms. The number of rotatable bonds is 3. The summed E-state index contributed by atoms with van der Waals surface area (Å²) in [7, 11) is 3.48. The Morgan fingerprint density at radius 1 is 1.38 bits per heavy atom. The first-order valence-corrected chi connectivity index (χ1v) is 5.75. The van der Waals surface area contributed by atoms with Crippen molar-refractivity contribution in [2.45, 2.75) is 31.2 Å². The van der Waals surface area contributed by atoms with Crippen molar-refractivity contribution < 1.29 is 9.13 Å². The van der Waals surface area contributed by atoms with Gasteiger partial charge in [-0.25, -0.2) is 4.39 Å². The van der Waals surface area contributed by atoms with Gasteiger partial charge < -0.3 is 10.1 Å². The molecule has 0 radical (unpaired) electrons. The van der Waals surface area contributed by atoms with Crippen LogP contribution in [0.2, 0.25) is 0 Å². The molecule has 0 spiro atoms. The first-order chi connectivity index (χ1) is 7.74. The van der Waals surface area contributed by atoms with Gasteiger partial charge in [-0.1, -0.05) is 6.07 Å². The van der Waals surface area contributed by atoms with Crippen molar-refractivity contribution in [2.24, 2.45) is 0 Å². The second-order valence-electron chi connectivity index (χ2n) is 4.39. The molecular weight excluding hydrogens is 205 g/mol. The van der Waals surface area contributed by atoms with Crippen molar-refractivity contribution in [1.82, 2.24) is 5.32 Å². The smallest absolute Gasteiger partial charge is 0.165 e. The van der Waals surface area contributed by atoms with E-state index >= 15 is 0 Å². The fourth-order valence-electron chi connectivity index (χ4n) is 2.48. The summed E-state index contributed by atoms with van der Waals surface area (Å²) in [5, 5.41) is 3.28. The van der Waals surface area contributed by atoms with E-state index in [4.69, 9.17) is 4.74 Å². The van der Waals surface area contributed by atoms with E-state index in [1.54, 1.807) is 12.1 Å². The number of ether oxygens (including phenoxy) is 1. The fraction of sp³-hybridized carbons (Fsp3) is 0.538. The zero-order valence-electron chi connectivity index (χ0n) is 9.79. The lowest BCUT2D eigenvalue weighted by Gasteiger charge is -2.12. The number of methoxy groups -OCH3 is 1. The molecule has 0 aromatic heterocycles. The van der Waals surface area contributed by atoms with Crippen LogP contribution in [0.5, 0.6) is 5.75 Å². The molecule has 2 rings (SSSR count). The van der Waals surface area contributed by atoms with Crippen molar-refractivity contribution in [2.75, 3.05) is 14.2 Å². The van der Waals surface area contributed by atoms with E-state index in [1.165, 1.54) is 13.5 Å². The van der Waals surface area contributed by atoms with Gasteiger partial charge in [0.25, 0.3) is 0 Å². The van der Waals surface area contributed by atoms with Crippen molar-refractivity contribution in [3.05, 3.63) is 29.6 Å². The molecule has 1 fully saturated rings. The average Bonchev–Trinajstić information content (AvgIpc) is 2.77. The molecule has 1 N–H and O–H groups in total. The molecule has 0 saturated heterocycles. The van der Waals surface area contributed by atoms with E-state index in [0.717, 1.165) is 18.4 Å². The van der Waals surface area contributed by atoms with E-state index in [1.807, 2.05) is 13.1 Å². The molecule has 0 amide bonds. The van der Waals surface area contributed by atoms with Gasteiger partial charge in [0.1, 0.15) is 0 Å². The van der Waals surface area contributed by atoms with Crippen LogP contribution in [0, 0.1) is 5.82 Å². The van der Waals surface area contributed by atoms with Crippen molar-refractivity contribution in [3.63, 3.8) is 0 Å². The molecule has 1 aromatic rings. The Kier molecular flexibility index (Phi) is 3.44. The second kappa shape index (κ2) is 4.83. The molecule has 3 heteroatoms. The second-order valence-corrected chi connectivity index (χ2v) is 4.39. The molecule has 2 nitrogen and oxygen atoms in total. The number of nitrogens with one attached hydrogen (secondary N) is 1. The Morgan fingerprint density at radius 3 is 2.75 bits per heavy atom. The highest BCUT2D eigenvalue weighted by Crippen LogP contribution is 2.35. The van der Waals surface area contributed by atoms with Crippen molar-refractivity contribution in [3.8, 4) is 5.75 Å². The standard InChI is InChI=1S/C13H18FNO/c1-15-11-5-3-9(7-11)10-4-6-13(16-2)12(14)8-10/h4,6,8-9,11,15H,3,5,7H2,1-2H3. The first kappa shape index (κ1) is 11.4. The highest BCUT2D eigenvalue weighted by molar-refractivity contribution is 5.31. The first-order valence-electron chi connectivity index (χ1n) is 5.75. The SMILES string of the molecule is CNC1CCC(c2ccc(OC)c(F)c2)C1. The van der Waals surface area contributed by atoms with Crippen LogP contribution in [0.1, 0.15) is 30.7 Å². The van der Waals surface area contributed by atoms with E-state index < -0.39 is 0 Å². The van der Waals surface area contributed by atoms with Crippen LogP contribution in [-0.4, -0.2) is 20.2 Å². The molecule has 0 aliphatic heterocycles. The summed E-state index contributed by atoms with van der Waals surface area (Å²) in [4.78, 5) is 0. The summed E-state index contributed by atoms with van der Waals surface area (Å²) >= 11 is 0. The normalized spacial score (nSPS) is 24.7. The number of hydrogen-bond acceptors (Lipinski definition) is 2. The average molecular weight is 223 g/mol. The highest BCUT2D eigenvalue weighted by Gasteiger charge is 2.25. The topological polar surface area (TPSA) is 21.3 Å². The minimum atomic E-state index is -0.257. The molecule has 2 unspecified atom stereocenters. The third-order valence-electron chi connectivity index (χ3n) is 3.49. The number of halogens is 1. The molecular formula is C13H18FNO. The van der Waals surface area contributed by atoms with Crippen LogP contribution in [0.3, 0.4) is 0 Å². The maximum atomic E-state index is 13.5. The quantitative estimate of drug-likeness (QED) is 0.850. The van der Waals surface area contributed by atoms with E-state index in [-0.39, 0.29) is 5.82 Å². The van der Waals surface area contributed by atoms with Crippen LogP contribution < -0.4 is 10.1 Å². The Bertz CT molecular complexity index is 367.